The molecule has 5 nitrogen and oxygen atoms in total. The van der Waals surface area contributed by atoms with E-state index in [-0.39, 0.29) is 0 Å². The Morgan fingerprint density at radius 1 is 1.78 bits per heavy atom. The molecular formula is C4H6N2O3. The van der Waals surface area contributed by atoms with E-state index in [1.807, 2.05) is 5.32 Å². The maximum atomic E-state index is 10.3. The van der Waals surface area contributed by atoms with Crippen molar-refractivity contribution in [3.63, 3.8) is 0 Å². The first-order valence-corrected chi connectivity index (χ1v) is 2.35. The monoisotopic (exact) mass is 130 g/mol. The Morgan fingerprint density at radius 3 is 2.44 bits per heavy atom. The van der Waals surface area contributed by atoms with Crippen LogP contribution in [0.2, 0.25) is 0 Å². The molecule has 0 spiro atoms. The van der Waals surface area contributed by atoms with Gasteiger partial charge in [0.25, 0.3) is 0 Å². The molecule has 0 aromatic heterocycles. The molecule has 0 bridgehead atoms. The fraction of sp³-hybridized carbons (Fsp3) is 0.500. The summed E-state index contributed by atoms with van der Waals surface area (Å²) in [6.45, 7) is 1.23. The van der Waals surface area contributed by atoms with Crippen LogP contribution in [0.3, 0.4) is 0 Å². The van der Waals surface area contributed by atoms with Gasteiger partial charge in [0.2, 0.25) is 11.6 Å². The summed E-state index contributed by atoms with van der Waals surface area (Å²) in [5.41, 5.74) is -1.67. The lowest BCUT2D eigenvalue weighted by molar-refractivity contribution is 0.0960. The number of carbonyl (C=O) groups is 1. The van der Waals surface area contributed by atoms with Gasteiger partial charge in [-0.05, 0) is 6.92 Å². The predicted octanol–water partition coefficient (Wildman–Crippen LogP) is -0.625. The molecule has 0 aromatic rings. The van der Waals surface area contributed by atoms with Crippen molar-refractivity contribution >= 4 is 11.9 Å². The fourth-order valence-corrected chi connectivity index (χ4v) is 0.497. The third kappa shape index (κ3) is 0.857. The van der Waals surface area contributed by atoms with Gasteiger partial charge in [-0.15, -0.1) is 0 Å². The largest absolute Gasteiger partial charge is 0.493 e. The molecule has 50 valence electrons. The topological polar surface area (TPSA) is 81.9 Å². The Bertz CT molecular complexity index is 184. The van der Waals surface area contributed by atoms with E-state index in [1.54, 1.807) is 0 Å². The van der Waals surface area contributed by atoms with Crippen LogP contribution in [-0.4, -0.2) is 27.9 Å². The number of aliphatic imine (C=N–C) groups is 1. The second kappa shape index (κ2) is 1.44. The van der Waals surface area contributed by atoms with Gasteiger partial charge in [-0.1, -0.05) is 0 Å². The van der Waals surface area contributed by atoms with E-state index in [4.69, 9.17) is 10.2 Å². The summed E-state index contributed by atoms with van der Waals surface area (Å²) in [5, 5.41) is 19.6. The zero-order valence-electron chi connectivity index (χ0n) is 4.75. The van der Waals surface area contributed by atoms with Crippen molar-refractivity contribution in [3.8, 4) is 0 Å². The molecule has 0 aliphatic carbocycles. The number of hydrogen-bond donors (Lipinski definition) is 3. The molecule has 1 rings (SSSR count). The van der Waals surface area contributed by atoms with Crippen LogP contribution >= 0.6 is 0 Å². The number of amides is 2. The Morgan fingerprint density at radius 2 is 2.33 bits per heavy atom. The van der Waals surface area contributed by atoms with Crippen molar-refractivity contribution in [2.24, 2.45) is 4.99 Å². The van der Waals surface area contributed by atoms with Crippen molar-refractivity contribution in [1.82, 2.24) is 5.32 Å². The summed E-state index contributed by atoms with van der Waals surface area (Å²) in [5.74, 6) is -0.590. The van der Waals surface area contributed by atoms with Gasteiger partial charge in [-0.25, -0.2) is 4.79 Å². The lowest BCUT2D eigenvalue weighted by Crippen LogP contribution is -2.45. The standard InChI is InChI=1S/C4H6N2O3/c1-4(9)2(7)5-3(8)6-4/h9H,1H3,(H2,5,6,7,8). The highest BCUT2D eigenvalue weighted by molar-refractivity contribution is 6.01. The third-order valence-electron chi connectivity index (χ3n) is 0.993. The molecule has 0 fully saturated rings. The highest BCUT2D eigenvalue weighted by Gasteiger charge is 2.35. The second-order valence-electron chi connectivity index (χ2n) is 1.94. The number of nitrogens with zero attached hydrogens (tertiary/aromatic N) is 1. The van der Waals surface area contributed by atoms with E-state index < -0.39 is 17.7 Å². The van der Waals surface area contributed by atoms with Crippen LogP contribution in [0, 0.1) is 0 Å². The van der Waals surface area contributed by atoms with Gasteiger partial charge in [0.1, 0.15) is 0 Å². The molecule has 0 radical (unpaired) electrons. The lowest BCUT2D eigenvalue weighted by Gasteiger charge is -2.13. The normalized spacial score (nSPS) is 34.0. The molecule has 1 aliphatic heterocycles. The third-order valence-corrected chi connectivity index (χ3v) is 0.993. The SMILES string of the molecule is CC1(O)NC(=O)N=C1O. The smallest absolute Gasteiger partial charge is 0.346 e. The summed E-state index contributed by atoms with van der Waals surface area (Å²) in [6, 6.07) is -0.725. The van der Waals surface area contributed by atoms with Crippen LogP contribution in [0.4, 0.5) is 4.79 Å². The van der Waals surface area contributed by atoms with Crippen LogP contribution < -0.4 is 5.32 Å². The molecule has 3 N–H and O–H groups in total. The first kappa shape index (κ1) is 6.03. The Kier molecular flexibility index (Phi) is 0.967. The number of rotatable bonds is 0. The van der Waals surface area contributed by atoms with Gasteiger partial charge in [-0.2, -0.15) is 4.99 Å². The highest BCUT2D eigenvalue weighted by atomic mass is 16.4. The average molecular weight is 130 g/mol. The molecule has 0 saturated carbocycles. The van der Waals surface area contributed by atoms with E-state index in [9.17, 15) is 4.79 Å². The number of urea groups is 1. The van der Waals surface area contributed by atoms with Crippen molar-refractivity contribution in [3.05, 3.63) is 0 Å². The molecule has 9 heavy (non-hydrogen) atoms. The van der Waals surface area contributed by atoms with Gasteiger partial charge in [0.05, 0.1) is 0 Å². The predicted molar refractivity (Wildman–Crippen MR) is 29.2 cm³/mol. The summed E-state index contributed by atoms with van der Waals surface area (Å²) >= 11 is 0. The van der Waals surface area contributed by atoms with E-state index >= 15 is 0 Å². The maximum Gasteiger partial charge on any atom is 0.346 e. The number of nitrogens with one attached hydrogen (secondary N) is 1. The Labute approximate surface area is 51.0 Å². The van der Waals surface area contributed by atoms with Gasteiger partial charge in [0, 0.05) is 0 Å². The number of aliphatic hydroxyl groups is 2. The molecule has 1 heterocycles. The van der Waals surface area contributed by atoms with Gasteiger partial charge < -0.3 is 15.5 Å². The first-order chi connectivity index (χ1) is 4.02. The van der Waals surface area contributed by atoms with E-state index in [2.05, 4.69) is 4.99 Å². The molecular weight excluding hydrogens is 124 g/mol. The van der Waals surface area contributed by atoms with Crippen molar-refractivity contribution in [2.45, 2.75) is 12.6 Å². The van der Waals surface area contributed by atoms with Crippen LogP contribution in [0.15, 0.2) is 4.99 Å². The van der Waals surface area contributed by atoms with Gasteiger partial charge >= 0.3 is 6.03 Å². The van der Waals surface area contributed by atoms with E-state index in [0.717, 1.165) is 0 Å². The molecule has 0 aromatic carbocycles. The molecule has 0 saturated heterocycles. The summed E-state index contributed by atoms with van der Waals surface area (Å²) < 4.78 is 0. The van der Waals surface area contributed by atoms with Crippen LogP contribution in [-0.2, 0) is 0 Å². The Hall–Kier alpha value is -1.10. The van der Waals surface area contributed by atoms with Crippen molar-refractivity contribution in [2.75, 3.05) is 0 Å². The molecule has 5 heteroatoms. The first-order valence-electron chi connectivity index (χ1n) is 2.35. The zero-order chi connectivity index (χ0) is 7.07. The molecule has 1 unspecified atom stereocenters. The summed E-state index contributed by atoms with van der Waals surface area (Å²) in [4.78, 5) is 13.3. The number of aliphatic hydroxyl groups excluding tert-OH is 1. The minimum Gasteiger partial charge on any atom is -0.493 e. The molecule has 1 aliphatic rings. The lowest BCUT2D eigenvalue weighted by atomic mass is 10.3. The minimum atomic E-state index is -1.67. The highest BCUT2D eigenvalue weighted by Crippen LogP contribution is 2.06. The van der Waals surface area contributed by atoms with Gasteiger partial charge in [-0.3, -0.25) is 0 Å². The summed E-state index contributed by atoms with van der Waals surface area (Å²) in [6.07, 6.45) is 0. The number of carbonyl (C=O) groups excluding carboxylic acids is 1. The molecule has 2 amide bonds. The van der Waals surface area contributed by atoms with Gasteiger partial charge in [0.15, 0.2) is 0 Å². The Balaban J connectivity index is 2.89. The quantitative estimate of drug-likeness (QED) is 0.408. The minimum absolute atomic E-state index is 0.590. The van der Waals surface area contributed by atoms with Crippen LogP contribution in [0.5, 0.6) is 0 Å². The number of hydrogen-bond acceptors (Lipinski definition) is 2. The molecule has 1 atom stereocenters. The van der Waals surface area contributed by atoms with E-state index in [1.165, 1.54) is 6.92 Å². The van der Waals surface area contributed by atoms with Crippen LogP contribution in [0.25, 0.3) is 0 Å². The fourth-order valence-electron chi connectivity index (χ4n) is 0.497. The second-order valence-corrected chi connectivity index (χ2v) is 1.94. The summed E-state index contributed by atoms with van der Waals surface area (Å²) in [7, 11) is 0. The average Bonchev–Trinajstić information content (AvgIpc) is 1.79. The van der Waals surface area contributed by atoms with Crippen molar-refractivity contribution in [1.29, 1.82) is 0 Å². The van der Waals surface area contributed by atoms with Crippen molar-refractivity contribution < 1.29 is 15.0 Å². The van der Waals surface area contributed by atoms with Crippen LogP contribution in [0.1, 0.15) is 6.92 Å². The zero-order valence-corrected chi connectivity index (χ0v) is 4.75. The maximum absolute atomic E-state index is 10.3. The van der Waals surface area contributed by atoms with E-state index in [0.29, 0.717) is 0 Å².